The van der Waals surface area contributed by atoms with Crippen molar-refractivity contribution in [3.63, 3.8) is 0 Å². The molecule has 1 rings (SSSR count). The largest absolute Gasteiger partial charge is 0.496 e. The summed E-state index contributed by atoms with van der Waals surface area (Å²) in [6.45, 7) is 4.02. The molecular weight excluding hydrogens is 333 g/mol. The molecule has 0 heterocycles. The molecule has 5 nitrogen and oxygen atoms in total. The Hall–Kier alpha value is -0.390. The summed E-state index contributed by atoms with van der Waals surface area (Å²) in [4.78, 5) is 0. The first-order chi connectivity index (χ1) is 8.98. The Morgan fingerprint density at radius 3 is 2.37 bits per heavy atom. The van der Waals surface area contributed by atoms with Gasteiger partial charge in [-0.3, -0.25) is 4.57 Å². The molecule has 0 aliphatic heterocycles. The number of hydrogen-bond donors (Lipinski definition) is 1. The van der Waals surface area contributed by atoms with Crippen LogP contribution in [0.1, 0.15) is 25.2 Å². The third-order valence-corrected chi connectivity index (χ3v) is 5.16. The van der Waals surface area contributed by atoms with Gasteiger partial charge in [0.15, 0.2) is 0 Å². The molecule has 0 fully saturated rings. The average molecular weight is 352 g/mol. The monoisotopic (exact) mass is 351 g/mol. The third-order valence-electron chi connectivity index (χ3n) is 2.47. The molecule has 0 aromatic heterocycles. The van der Waals surface area contributed by atoms with Crippen molar-refractivity contribution in [3.8, 4) is 5.75 Å². The minimum absolute atomic E-state index is 0.265. The Balaban J connectivity index is 3.19. The lowest BCUT2D eigenvalue weighted by molar-refractivity contribution is 0.212. The van der Waals surface area contributed by atoms with Crippen LogP contribution >= 0.6 is 23.5 Å². The van der Waals surface area contributed by atoms with Gasteiger partial charge in [-0.25, -0.2) is 0 Å². The SMILES string of the molecule is CCOP(=O)(OCC)[C@@H](N)c1cc(Br)ccc1OC. The topological polar surface area (TPSA) is 70.8 Å². The molecular formula is C12H19BrNO4P. The van der Waals surface area contributed by atoms with Crippen LogP contribution in [0.3, 0.4) is 0 Å². The zero-order valence-electron chi connectivity index (χ0n) is 11.3. The van der Waals surface area contributed by atoms with Crippen molar-refractivity contribution in [1.29, 1.82) is 0 Å². The van der Waals surface area contributed by atoms with Gasteiger partial charge in [-0.05, 0) is 32.0 Å². The summed E-state index contributed by atoms with van der Waals surface area (Å²) in [7, 11) is -1.88. The lowest BCUT2D eigenvalue weighted by atomic mass is 10.2. The molecule has 19 heavy (non-hydrogen) atoms. The van der Waals surface area contributed by atoms with Crippen LogP contribution in [0.4, 0.5) is 0 Å². The van der Waals surface area contributed by atoms with Gasteiger partial charge in [0.05, 0.1) is 20.3 Å². The van der Waals surface area contributed by atoms with E-state index in [1.54, 1.807) is 26.0 Å². The molecule has 0 aliphatic carbocycles. The summed E-state index contributed by atoms with van der Waals surface area (Å²) in [6, 6.07) is 5.33. The summed E-state index contributed by atoms with van der Waals surface area (Å²) < 4.78 is 29.2. The normalized spacial score (nSPS) is 13.3. The Morgan fingerprint density at radius 2 is 1.89 bits per heavy atom. The van der Waals surface area contributed by atoms with E-state index in [9.17, 15) is 4.57 Å². The van der Waals surface area contributed by atoms with E-state index in [2.05, 4.69) is 15.9 Å². The highest BCUT2D eigenvalue weighted by Gasteiger charge is 2.35. The lowest BCUT2D eigenvalue weighted by Gasteiger charge is -2.24. The molecule has 0 amide bonds. The second-order valence-electron chi connectivity index (χ2n) is 3.71. The van der Waals surface area contributed by atoms with Crippen molar-refractivity contribution < 1.29 is 18.3 Å². The van der Waals surface area contributed by atoms with Gasteiger partial charge in [0.2, 0.25) is 0 Å². The van der Waals surface area contributed by atoms with Crippen molar-refractivity contribution in [3.05, 3.63) is 28.2 Å². The minimum atomic E-state index is -3.42. The zero-order chi connectivity index (χ0) is 14.5. The van der Waals surface area contributed by atoms with Gasteiger partial charge < -0.3 is 19.5 Å². The van der Waals surface area contributed by atoms with E-state index in [-0.39, 0.29) is 13.2 Å². The molecule has 0 unspecified atom stereocenters. The summed E-state index contributed by atoms with van der Waals surface area (Å²) >= 11 is 3.36. The van der Waals surface area contributed by atoms with Crippen molar-refractivity contribution in [2.45, 2.75) is 19.6 Å². The van der Waals surface area contributed by atoms with E-state index in [1.807, 2.05) is 6.07 Å². The van der Waals surface area contributed by atoms with Crippen molar-refractivity contribution in [1.82, 2.24) is 0 Å². The van der Waals surface area contributed by atoms with Crippen LogP contribution in [0.5, 0.6) is 5.75 Å². The van der Waals surface area contributed by atoms with E-state index in [0.717, 1.165) is 4.47 Å². The first kappa shape index (κ1) is 16.7. The molecule has 2 N–H and O–H groups in total. The van der Waals surface area contributed by atoms with Crippen molar-refractivity contribution in [2.75, 3.05) is 20.3 Å². The van der Waals surface area contributed by atoms with E-state index < -0.39 is 13.4 Å². The zero-order valence-corrected chi connectivity index (χ0v) is 13.7. The van der Waals surface area contributed by atoms with Crippen LogP contribution < -0.4 is 10.5 Å². The van der Waals surface area contributed by atoms with E-state index in [0.29, 0.717) is 11.3 Å². The van der Waals surface area contributed by atoms with Gasteiger partial charge in [0.25, 0.3) is 0 Å². The van der Waals surface area contributed by atoms with E-state index in [4.69, 9.17) is 19.5 Å². The summed E-state index contributed by atoms with van der Waals surface area (Å²) in [6.07, 6.45) is 0. The number of benzene rings is 1. The molecule has 0 spiro atoms. The Kier molecular flexibility index (Phi) is 6.50. The summed E-state index contributed by atoms with van der Waals surface area (Å²) in [5.41, 5.74) is 6.66. The molecule has 108 valence electrons. The molecule has 0 aliphatic rings. The van der Waals surface area contributed by atoms with Crippen molar-refractivity contribution >= 4 is 23.5 Å². The highest BCUT2D eigenvalue weighted by atomic mass is 79.9. The summed E-state index contributed by atoms with van der Waals surface area (Å²) in [5, 5.41) is 0. The Labute approximate surface area is 122 Å². The number of ether oxygens (including phenoxy) is 1. The van der Waals surface area contributed by atoms with E-state index >= 15 is 0 Å². The number of halogens is 1. The van der Waals surface area contributed by atoms with Crippen molar-refractivity contribution in [2.24, 2.45) is 5.73 Å². The first-order valence-corrected chi connectivity index (χ1v) is 8.36. The second kappa shape index (κ2) is 7.41. The van der Waals surface area contributed by atoms with Crippen LogP contribution in [-0.2, 0) is 13.6 Å². The smallest absolute Gasteiger partial charge is 0.351 e. The van der Waals surface area contributed by atoms with Gasteiger partial charge in [-0.1, -0.05) is 15.9 Å². The molecule has 0 saturated heterocycles. The lowest BCUT2D eigenvalue weighted by Crippen LogP contribution is -2.16. The molecule has 7 heteroatoms. The van der Waals surface area contributed by atoms with Gasteiger partial charge in [0.1, 0.15) is 11.5 Å². The maximum Gasteiger partial charge on any atom is 0.351 e. The highest BCUT2D eigenvalue weighted by Crippen LogP contribution is 2.59. The van der Waals surface area contributed by atoms with Crippen LogP contribution in [0.2, 0.25) is 0 Å². The number of rotatable bonds is 7. The highest BCUT2D eigenvalue weighted by molar-refractivity contribution is 9.10. The van der Waals surface area contributed by atoms with Gasteiger partial charge in [-0.2, -0.15) is 0 Å². The predicted octanol–water partition coefficient (Wildman–Crippen LogP) is 3.68. The van der Waals surface area contributed by atoms with Crippen LogP contribution in [0.25, 0.3) is 0 Å². The van der Waals surface area contributed by atoms with Crippen LogP contribution in [-0.4, -0.2) is 20.3 Å². The van der Waals surface area contributed by atoms with Gasteiger partial charge in [-0.15, -0.1) is 0 Å². The Morgan fingerprint density at radius 1 is 1.32 bits per heavy atom. The maximum absolute atomic E-state index is 12.7. The molecule has 0 saturated carbocycles. The maximum atomic E-state index is 12.7. The van der Waals surface area contributed by atoms with Crippen LogP contribution in [0, 0.1) is 0 Å². The Bertz CT molecular complexity index is 459. The number of hydrogen-bond acceptors (Lipinski definition) is 5. The number of methoxy groups -OCH3 is 1. The second-order valence-corrected chi connectivity index (χ2v) is 6.77. The molecule has 1 aromatic rings. The fourth-order valence-electron chi connectivity index (χ4n) is 1.66. The van der Waals surface area contributed by atoms with Gasteiger partial charge in [0, 0.05) is 10.0 Å². The molecule has 0 bridgehead atoms. The number of nitrogens with two attached hydrogens (primary N) is 1. The van der Waals surface area contributed by atoms with Gasteiger partial charge >= 0.3 is 7.60 Å². The average Bonchev–Trinajstić information content (AvgIpc) is 2.38. The molecule has 1 atom stereocenters. The third kappa shape index (κ3) is 4.04. The fraction of sp³-hybridized carbons (Fsp3) is 0.500. The minimum Gasteiger partial charge on any atom is -0.496 e. The summed E-state index contributed by atoms with van der Waals surface area (Å²) in [5.74, 6) is -0.338. The quantitative estimate of drug-likeness (QED) is 0.758. The van der Waals surface area contributed by atoms with Crippen LogP contribution in [0.15, 0.2) is 22.7 Å². The molecule has 1 aromatic carbocycles. The fourth-order valence-corrected chi connectivity index (χ4v) is 3.70. The standard InChI is InChI=1S/C12H19BrNO4P/c1-4-17-19(15,18-5-2)12(14)10-8-9(13)6-7-11(10)16-3/h6-8,12H,4-5,14H2,1-3H3/t12-/m1/s1. The van der Waals surface area contributed by atoms with E-state index in [1.165, 1.54) is 7.11 Å². The predicted molar refractivity (Wildman–Crippen MR) is 78.5 cm³/mol. The first-order valence-electron chi connectivity index (χ1n) is 5.96. The molecule has 0 radical (unpaired) electrons.